The second kappa shape index (κ2) is 8.29. The summed E-state index contributed by atoms with van der Waals surface area (Å²) in [6, 6.07) is 9.23. The van der Waals surface area contributed by atoms with E-state index in [1.165, 1.54) is 0 Å². The summed E-state index contributed by atoms with van der Waals surface area (Å²) in [5, 5.41) is 1.57. The number of halogens is 1. The maximum Gasteiger partial charge on any atom is 0.260 e. The van der Waals surface area contributed by atoms with Crippen LogP contribution in [0.3, 0.4) is 0 Å². The van der Waals surface area contributed by atoms with E-state index < -0.39 is 0 Å². The Morgan fingerprint density at radius 3 is 3.07 bits per heavy atom. The number of ether oxygens (including phenoxy) is 1. The van der Waals surface area contributed by atoms with Crippen molar-refractivity contribution in [3.8, 4) is 5.75 Å². The number of anilines is 1. The average Bonchev–Trinajstić information content (AvgIpc) is 3.21. The molecule has 0 radical (unpaired) electrons. The molecule has 0 bridgehead atoms. The van der Waals surface area contributed by atoms with Crippen LogP contribution in [0.2, 0.25) is 5.02 Å². The van der Waals surface area contributed by atoms with Gasteiger partial charge in [-0.2, -0.15) is 0 Å². The summed E-state index contributed by atoms with van der Waals surface area (Å²) in [5.41, 5.74) is 0.813. The zero-order chi connectivity index (χ0) is 20.4. The third-order valence-electron chi connectivity index (χ3n) is 5.59. The monoisotopic (exact) mass is 413 g/mol. The minimum absolute atomic E-state index is 0.000715. The lowest BCUT2D eigenvalue weighted by atomic mass is 9.92. The summed E-state index contributed by atoms with van der Waals surface area (Å²) < 4.78 is 5.64. The molecule has 29 heavy (non-hydrogen) atoms. The van der Waals surface area contributed by atoms with E-state index in [-0.39, 0.29) is 18.6 Å². The van der Waals surface area contributed by atoms with Crippen molar-refractivity contribution < 1.29 is 9.53 Å². The Bertz CT molecular complexity index is 1010. The molecule has 1 N–H and O–H groups in total. The van der Waals surface area contributed by atoms with Gasteiger partial charge in [0.2, 0.25) is 0 Å². The van der Waals surface area contributed by atoms with Gasteiger partial charge in [0.05, 0.1) is 11.4 Å². The molecule has 2 atom stereocenters. The summed E-state index contributed by atoms with van der Waals surface area (Å²) in [4.78, 5) is 28.7. The van der Waals surface area contributed by atoms with Gasteiger partial charge in [-0.05, 0) is 36.6 Å². The topological polar surface area (TPSA) is 74.3 Å². The van der Waals surface area contributed by atoms with Crippen LogP contribution in [-0.2, 0) is 4.79 Å². The van der Waals surface area contributed by atoms with Gasteiger partial charge in [0, 0.05) is 31.4 Å². The quantitative estimate of drug-likeness (QED) is 0.694. The van der Waals surface area contributed by atoms with Crippen LogP contribution in [0.4, 0.5) is 5.82 Å². The number of hydrogen-bond donors (Lipinski definition) is 1. The van der Waals surface area contributed by atoms with Gasteiger partial charge in [0.25, 0.3) is 5.91 Å². The average molecular weight is 414 g/mol. The molecule has 1 aliphatic heterocycles. The van der Waals surface area contributed by atoms with Crippen LogP contribution in [-0.4, -0.2) is 58.5 Å². The van der Waals surface area contributed by atoms with Gasteiger partial charge >= 0.3 is 0 Å². The molecule has 7 nitrogen and oxygen atoms in total. The van der Waals surface area contributed by atoms with E-state index in [2.05, 4.69) is 26.8 Å². The van der Waals surface area contributed by atoms with Crippen LogP contribution >= 0.6 is 11.6 Å². The number of nitrogens with zero attached hydrogens (tertiary/aromatic N) is 4. The molecule has 3 aromatic rings. The Morgan fingerprint density at radius 1 is 1.38 bits per heavy atom. The number of likely N-dealkylation sites (tertiary alicyclic amines) is 1. The number of piperidine rings is 1. The van der Waals surface area contributed by atoms with Crippen LogP contribution in [0.25, 0.3) is 11.0 Å². The largest absolute Gasteiger partial charge is 0.484 e. The first-order chi connectivity index (χ1) is 14.0. The minimum Gasteiger partial charge on any atom is -0.484 e. The van der Waals surface area contributed by atoms with Crippen LogP contribution < -0.4 is 9.64 Å². The van der Waals surface area contributed by atoms with Crippen molar-refractivity contribution in [1.29, 1.82) is 0 Å². The van der Waals surface area contributed by atoms with Crippen molar-refractivity contribution in [2.75, 3.05) is 31.6 Å². The lowest BCUT2D eigenvalue weighted by Gasteiger charge is -2.42. The maximum atomic E-state index is 12.8. The molecule has 1 aromatic carbocycles. The minimum atomic E-state index is -0.0234. The Labute approximate surface area is 174 Å². The molecule has 8 heteroatoms. The zero-order valence-electron chi connectivity index (χ0n) is 16.5. The fourth-order valence-electron chi connectivity index (χ4n) is 3.87. The van der Waals surface area contributed by atoms with Crippen LogP contribution in [0.5, 0.6) is 5.75 Å². The van der Waals surface area contributed by atoms with Crippen molar-refractivity contribution in [3.05, 3.63) is 47.9 Å². The Hall–Kier alpha value is -2.80. The molecule has 152 valence electrons. The van der Waals surface area contributed by atoms with Gasteiger partial charge in [-0.3, -0.25) is 4.79 Å². The fraction of sp³-hybridized carbons (Fsp3) is 0.381. The molecule has 1 fully saturated rings. The number of carbonyl (C=O) groups excluding carboxylic acids is 1. The normalized spacial score (nSPS) is 19.3. The SMILES string of the molecule is CC1CCN(C(=O)COc2cccc(Cl)c2)CC1N(C)c1ncnc2[nH]ccc12. The molecule has 1 saturated heterocycles. The lowest BCUT2D eigenvalue weighted by molar-refractivity contribution is -0.135. The summed E-state index contributed by atoms with van der Waals surface area (Å²) in [7, 11) is 2.03. The smallest absolute Gasteiger partial charge is 0.260 e. The number of fused-ring (bicyclic) bond motifs is 1. The number of hydrogen-bond acceptors (Lipinski definition) is 5. The maximum absolute atomic E-state index is 12.8. The molecule has 1 amide bonds. The first-order valence-electron chi connectivity index (χ1n) is 9.70. The number of rotatable bonds is 5. The van der Waals surface area contributed by atoms with Crippen molar-refractivity contribution in [1.82, 2.24) is 19.9 Å². The highest BCUT2D eigenvalue weighted by Gasteiger charge is 2.32. The third kappa shape index (κ3) is 4.15. The van der Waals surface area contributed by atoms with Crippen molar-refractivity contribution in [2.45, 2.75) is 19.4 Å². The molecular weight excluding hydrogens is 390 g/mol. The van der Waals surface area contributed by atoms with E-state index in [4.69, 9.17) is 16.3 Å². The van der Waals surface area contributed by atoms with Crippen LogP contribution in [0, 0.1) is 5.92 Å². The Morgan fingerprint density at radius 2 is 2.24 bits per heavy atom. The lowest BCUT2D eigenvalue weighted by Crippen LogP contribution is -2.53. The molecule has 4 rings (SSSR count). The van der Waals surface area contributed by atoms with Crippen molar-refractivity contribution in [3.63, 3.8) is 0 Å². The number of aromatic amines is 1. The summed E-state index contributed by atoms with van der Waals surface area (Å²) in [5.74, 6) is 1.88. The van der Waals surface area contributed by atoms with Gasteiger partial charge < -0.3 is 19.5 Å². The van der Waals surface area contributed by atoms with E-state index in [1.807, 2.05) is 24.2 Å². The molecule has 3 heterocycles. The number of nitrogens with one attached hydrogen (secondary N) is 1. The molecule has 2 aromatic heterocycles. The molecule has 0 saturated carbocycles. The predicted molar refractivity (Wildman–Crippen MR) is 113 cm³/mol. The zero-order valence-corrected chi connectivity index (χ0v) is 17.3. The van der Waals surface area contributed by atoms with Gasteiger partial charge in [-0.25, -0.2) is 9.97 Å². The van der Waals surface area contributed by atoms with E-state index in [0.717, 1.165) is 29.8 Å². The third-order valence-corrected chi connectivity index (χ3v) is 5.83. The molecule has 0 aliphatic carbocycles. The first kappa shape index (κ1) is 19.5. The molecule has 1 aliphatic rings. The standard InChI is InChI=1S/C21H24ClN5O2/c1-14-7-9-27(19(28)12-29-16-5-3-4-15(22)10-16)11-18(14)26(2)21-17-6-8-23-20(17)24-13-25-21/h3-6,8,10,13-14,18H,7,9,11-12H2,1-2H3,(H,23,24,25). The molecule has 0 spiro atoms. The first-order valence-corrected chi connectivity index (χ1v) is 10.1. The highest BCUT2D eigenvalue weighted by molar-refractivity contribution is 6.30. The number of amides is 1. The highest BCUT2D eigenvalue weighted by atomic mass is 35.5. The van der Waals surface area contributed by atoms with Crippen LogP contribution in [0.1, 0.15) is 13.3 Å². The second-order valence-electron chi connectivity index (χ2n) is 7.47. The van der Waals surface area contributed by atoms with E-state index in [0.29, 0.717) is 23.2 Å². The van der Waals surface area contributed by atoms with E-state index in [9.17, 15) is 4.79 Å². The number of benzene rings is 1. The molecule has 2 unspecified atom stereocenters. The summed E-state index contributed by atoms with van der Waals surface area (Å²) in [6.07, 6.45) is 4.36. The molecular formula is C21H24ClN5O2. The van der Waals surface area contributed by atoms with Gasteiger partial charge in [0.15, 0.2) is 6.61 Å². The number of likely N-dealkylation sites (N-methyl/N-ethyl adjacent to an activating group) is 1. The van der Waals surface area contributed by atoms with Gasteiger partial charge in [0.1, 0.15) is 23.5 Å². The van der Waals surface area contributed by atoms with Crippen LogP contribution in [0.15, 0.2) is 42.9 Å². The number of aromatic nitrogens is 3. The summed E-state index contributed by atoms with van der Waals surface area (Å²) in [6.45, 7) is 3.58. The Kier molecular flexibility index (Phi) is 5.58. The Balaban J connectivity index is 1.45. The number of carbonyl (C=O) groups is 1. The highest BCUT2D eigenvalue weighted by Crippen LogP contribution is 2.28. The van der Waals surface area contributed by atoms with Gasteiger partial charge in [-0.15, -0.1) is 0 Å². The summed E-state index contributed by atoms with van der Waals surface area (Å²) >= 11 is 5.98. The number of H-pyrrole nitrogens is 1. The van der Waals surface area contributed by atoms with Gasteiger partial charge in [-0.1, -0.05) is 24.6 Å². The van der Waals surface area contributed by atoms with Crippen molar-refractivity contribution >= 4 is 34.4 Å². The van der Waals surface area contributed by atoms with Crippen molar-refractivity contribution in [2.24, 2.45) is 5.92 Å². The van der Waals surface area contributed by atoms with E-state index in [1.54, 1.807) is 30.6 Å². The fourth-order valence-corrected chi connectivity index (χ4v) is 4.05. The van der Waals surface area contributed by atoms with E-state index >= 15 is 0 Å². The second-order valence-corrected chi connectivity index (χ2v) is 7.90. The predicted octanol–water partition coefficient (Wildman–Crippen LogP) is 3.36.